The lowest BCUT2D eigenvalue weighted by Gasteiger charge is -2.04. The first kappa shape index (κ1) is 12.2. The van der Waals surface area contributed by atoms with Crippen molar-refractivity contribution in [2.75, 3.05) is 12.1 Å². The zero-order chi connectivity index (χ0) is 14.2. The molecule has 0 saturated heterocycles. The molecule has 0 fully saturated rings. The van der Waals surface area contributed by atoms with Gasteiger partial charge < -0.3 is 14.8 Å². The molecule has 1 amide bonds. The lowest BCUT2D eigenvalue weighted by Crippen LogP contribution is -2.09. The number of carbonyl (C=O) groups is 1. The van der Waals surface area contributed by atoms with Crippen LogP contribution in [0.3, 0.4) is 0 Å². The van der Waals surface area contributed by atoms with Crippen LogP contribution < -0.4 is 14.8 Å². The topological polar surface area (TPSA) is 47.6 Å². The van der Waals surface area contributed by atoms with Gasteiger partial charge in [-0.1, -0.05) is 18.2 Å². The largest absolute Gasteiger partial charge is 0.454 e. The van der Waals surface area contributed by atoms with Gasteiger partial charge in [-0.15, -0.1) is 11.3 Å². The number of ether oxygens (including phenoxy) is 2. The van der Waals surface area contributed by atoms with E-state index in [4.69, 9.17) is 9.47 Å². The van der Waals surface area contributed by atoms with Gasteiger partial charge in [-0.05, 0) is 29.7 Å². The fraction of sp³-hybridized carbons (Fsp3) is 0.0625. The summed E-state index contributed by atoms with van der Waals surface area (Å²) in [4.78, 5) is 13.0. The summed E-state index contributed by atoms with van der Waals surface area (Å²) in [5.41, 5.74) is 0.696. The first-order valence-corrected chi connectivity index (χ1v) is 7.31. The Hall–Kier alpha value is -2.53. The summed E-state index contributed by atoms with van der Waals surface area (Å²) in [5, 5.41) is 3.97. The first-order valence-electron chi connectivity index (χ1n) is 6.49. The van der Waals surface area contributed by atoms with Crippen molar-refractivity contribution in [2.24, 2.45) is 0 Å². The second kappa shape index (κ2) is 4.79. The highest BCUT2D eigenvalue weighted by Crippen LogP contribution is 2.34. The number of fused-ring (bicyclic) bond motifs is 2. The molecule has 2 heterocycles. The molecule has 1 aromatic heterocycles. The van der Waals surface area contributed by atoms with Gasteiger partial charge in [0.15, 0.2) is 11.5 Å². The number of nitrogens with one attached hydrogen (secondary N) is 1. The quantitative estimate of drug-likeness (QED) is 0.781. The van der Waals surface area contributed by atoms with E-state index in [-0.39, 0.29) is 12.7 Å². The monoisotopic (exact) mass is 297 g/mol. The molecule has 104 valence electrons. The van der Waals surface area contributed by atoms with Gasteiger partial charge in [-0.3, -0.25) is 4.79 Å². The molecule has 4 nitrogen and oxygen atoms in total. The third-order valence-corrected chi connectivity index (χ3v) is 4.39. The molecule has 0 spiro atoms. The molecule has 1 aliphatic heterocycles. The van der Waals surface area contributed by atoms with Crippen LogP contribution in [-0.4, -0.2) is 12.7 Å². The number of benzene rings is 2. The minimum Gasteiger partial charge on any atom is -0.454 e. The van der Waals surface area contributed by atoms with Crippen LogP contribution in [0.2, 0.25) is 0 Å². The number of carbonyl (C=O) groups excluding carboxylic acids is 1. The summed E-state index contributed by atoms with van der Waals surface area (Å²) in [6.07, 6.45) is 0. The maximum atomic E-state index is 12.3. The molecule has 0 aliphatic carbocycles. The van der Waals surface area contributed by atoms with Crippen molar-refractivity contribution in [2.45, 2.75) is 0 Å². The fourth-order valence-electron chi connectivity index (χ4n) is 2.26. The minimum atomic E-state index is -0.116. The third kappa shape index (κ3) is 2.21. The van der Waals surface area contributed by atoms with Crippen LogP contribution in [0.15, 0.2) is 48.5 Å². The first-order chi connectivity index (χ1) is 10.3. The van der Waals surface area contributed by atoms with Gasteiger partial charge in [0.1, 0.15) is 0 Å². The van der Waals surface area contributed by atoms with Gasteiger partial charge in [0, 0.05) is 16.5 Å². The molecule has 0 radical (unpaired) electrons. The number of thiophene rings is 1. The van der Waals surface area contributed by atoms with Gasteiger partial charge in [-0.2, -0.15) is 0 Å². The predicted molar refractivity (Wildman–Crippen MR) is 82.3 cm³/mol. The number of rotatable bonds is 2. The second-order valence-electron chi connectivity index (χ2n) is 4.67. The van der Waals surface area contributed by atoms with Crippen molar-refractivity contribution in [1.82, 2.24) is 0 Å². The Balaban J connectivity index is 1.60. The van der Waals surface area contributed by atoms with E-state index in [0.717, 1.165) is 10.1 Å². The van der Waals surface area contributed by atoms with Crippen LogP contribution in [0.4, 0.5) is 5.69 Å². The molecular formula is C16H11NO3S. The standard InChI is InChI=1S/C16H11NO3S/c18-16(15-7-10-3-1-2-4-14(10)21-15)17-11-5-6-12-13(8-11)20-9-19-12/h1-8H,9H2,(H,17,18). The van der Waals surface area contributed by atoms with E-state index in [1.807, 2.05) is 30.3 Å². The maximum Gasteiger partial charge on any atom is 0.265 e. The summed E-state index contributed by atoms with van der Waals surface area (Å²) >= 11 is 1.48. The summed E-state index contributed by atoms with van der Waals surface area (Å²) < 4.78 is 11.7. The summed E-state index contributed by atoms with van der Waals surface area (Å²) in [6, 6.07) is 15.2. The van der Waals surface area contributed by atoms with Crippen molar-refractivity contribution < 1.29 is 14.3 Å². The molecule has 4 rings (SSSR count). The lowest BCUT2D eigenvalue weighted by molar-refractivity contribution is 0.103. The molecule has 0 saturated carbocycles. The number of amides is 1. The van der Waals surface area contributed by atoms with Crippen LogP contribution in [0.25, 0.3) is 10.1 Å². The minimum absolute atomic E-state index is 0.116. The number of hydrogen-bond acceptors (Lipinski definition) is 4. The molecule has 0 unspecified atom stereocenters. The van der Waals surface area contributed by atoms with E-state index in [1.165, 1.54) is 11.3 Å². The van der Waals surface area contributed by atoms with E-state index in [9.17, 15) is 4.79 Å². The van der Waals surface area contributed by atoms with E-state index < -0.39 is 0 Å². The van der Waals surface area contributed by atoms with E-state index in [2.05, 4.69) is 5.32 Å². The van der Waals surface area contributed by atoms with Gasteiger partial charge in [0.05, 0.1) is 4.88 Å². The Morgan fingerprint density at radius 2 is 1.90 bits per heavy atom. The van der Waals surface area contributed by atoms with Crippen LogP contribution in [-0.2, 0) is 0 Å². The number of hydrogen-bond donors (Lipinski definition) is 1. The van der Waals surface area contributed by atoms with Crippen molar-refractivity contribution in [3.8, 4) is 11.5 Å². The van der Waals surface area contributed by atoms with Crippen LogP contribution in [0.1, 0.15) is 9.67 Å². The zero-order valence-corrected chi connectivity index (χ0v) is 11.8. The van der Waals surface area contributed by atoms with Gasteiger partial charge in [0.25, 0.3) is 5.91 Å². The summed E-state index contributed by atoms with van der Waals surface area (Å²) in [6.45, 7) is 0.225. The van der Waals surface area contributed by atoms with Crippen molar-refractivity contribution in [3.05, 3.63) is 53.4 Å². The highest BCUT2D eigenvalue weighted by Gasteiger charge is 2.15. The van der Waals surface area contributed by atoms with Gasteiger partial charge >= 0.3 is 0 Å². The Kier molecular flexibility index (Phi) is 2.79. The zero-order valence-electron chi connectivity index (χ0n) is 11.0. The van der Waals surface area contributed by atoms with Crippen LogP contribution in [0.5, 0.6) is 11.5 Å². The average molecular weight is 297 g/mol. The van der Waals surface area contributed by atoms with Crippen molar-refractivity contribution in [3.63, 3.8) is 0 Å². The van der Waals surface area contributed by atoms with Gasteiger partial charge in [0.2, 0.25) is 6.79 Å². The van der Waals surface area contributed by atoms with E-state index >= 15 is 0 Å². The molecule has 0 bridgehead atoms. The molecule has 3 aromatic rings. The maximum absolute atomic E-state index is 12.3. The van der Waals surface area contributed by atoms with Crippen LogP contribution in [0, 0.1) is 0 Å². The second-order valence-corrected chi connectivity index (χ2v) is 5.75. The smallest absolute Gasteiger partial charge is 0.265 e. The van der Waals surface area contributed by atoms with E-state index in [1.54, 1.807) is 18.2 Å². The predicted octanol–water partition coefficient (Wildman–Crippen LogP) is 3.88. The Bertz CT molecular complexity index is 807. The summed E-state index contributed by atoms with van der Waals surface area (Å²) in [7, 11) is 0. The fourth-order valence-corrected chi connectivity index (χ4v) is 3.22. The molecule has 2 aromatic carbocycles. The highest BCUT2D eigenvalue weighted by molar-refractivity contribution is 7.20. The molecule has 5 heteroatoms. The Labute approximate surface area is 124 Å². The SMILES string of the molecule is O=C(Nc1ccc2c(c1)OCO2)c1cc2ccccc2s1. The normalized spacial score (nSPS) is 12.6. The molecule has 0 atom stereocenters. The van der Waals surface area contributed by atoms with Crippen molar-refractivity contribution >= 4 is 33.0 Å². The third-order valence-electron chi connectivity index (χ3n) is 3.28. The highest BCUT2D eigenvalue weighted by atomic mass is 32.1. The Morgan fingerprint density at radius 3 is 2.81 bits per heavy atom. The van der Waals surface area contributed by atoms with Crippen molar-refractivity contribution in [1.29, 1.82) is 0 Å². The number of anilines is 1. The average Bonchev–Trinajstić information content (AvgIpc) is 3.13. The molecule has 21 heavy (non-hydrogen) atoms. The van der Waals surface area contributed by atoms with Gasteiger partial charge in [-0.25, -0.2) is 0 Å². The summed E-state index contributed by atoms with van der Waals surface area (Å²) in [5.74, 6) is 1.24. The van der Waals surface area contributed by atoms with Crippen LogP contribution >= 0.6 is 11.3 Å². The van der Waals surface area contributed by atoms with E-state index in [0.29, 0.717) is 22.1 Å². The lowest BCUT2D eigenvalue weighted by atomic mass is 10.2. The molecule has 1 aliphatic rings. The Morgan fingerprint density at radius 1 is 1.05 bits per heavy atom. The molecular weight excluding hydrogens is 286 g/mol. The molecule has 1 N–H and O–H groups in total.